The predicted octanol–water partition coefficient (Wildman–Crippen LogP) is 2.06. The second-order valence-electron chi connectivity index (χ2n) is 5.84. The van der Waals surface area contributed by atoms with Crippen LogP contribution in [0.3, 0.4) is 0 Å². The first kappa shape index (κ1) is 16.1. The molecule has 0 saturated carbocycles. The van der Waals surface area contributed by atoms with Gasteiger partial charge in [0.15, 0.2) is 23.0 Å². The number of benzene rings is 2. The summed E-state index contributed by atoms with van der Waals surface area (Å²) in [5.41, 5.74) is 4.52. The zero-order valence-electron chi connectivity index (χ0n) is 14.5. The van der Waals surface area contributed by atoms with Crippen LogP contribution in [0.15, 0.2) is 52.9 Å². The maximum Gasteiger partial charge on any atom is 0.265 e. The number of fused-ring (bicyclic) bond motifs is 2. The lowest BCUT2D eigenvalue weighted by Gasteiger charge is -2.00. The Morgan fingerprint density at radius 1 is 0.857 bits per heavy atom. The normalized spacial score (nSPS) is 14.3. The number of nitrogens with zero attached hydrogens (tertiary/aromatic N) is 5. The average Bonchev–Trinajstić information content (AvgIpc) is 3.46. The van der Waals surface area contributed by atoms with E-state index >= 15 is 0 Å². The van der Waals surface area contributed by atoms with E-state index in [1.807, 2.05) is 36.4 Å². The van der Waals surface area contributed by atoms with Gasteiger partial charge in [0.05, 0.1) is 12.4 Å². The number of nitrogens with one attached hydrogen (secondary N) is 1. The SMILES string of the molecule is C(=N/Nc1nncn1/N=C/c1ccc2c(c1)OCO2)/c1ccc2c(c1)OCO2. The van der Waals surface area contributed by atoms with Crippen LogP contribution in [0.4, 0.5) is 5.95 Å². The van der Waals surface area contributed by atoms with Crippen molar-refractivity contribution in [1.29, 1.82) is 0 Å². The summed E-state index contributed by atoms with van der Waals surface area (Å²) in [4.78, 5) is 0. The van der Waals surface area contributed by atoms with Gasteiger partial charge in [-0.25, -0.2) is 5.43 Å². The fourth-order valence-electron chi connectivity index (χ4n) is 2.67. The predicted molar refractivity (Wildman–Crippen MR) is 99.4 cm³/mol. The molecular weight excluding hydrogens is 364 g/mol. The molecule has 0 radical (unpaired) electrons. The summed E-state index contributed by atoms with van der Waals surface area (Å²) >= 11 is 0. The number of rotatable bonds is 5. The first-order valence-electron chi connectivity index (χ1n) is 8.38. The van der Waals surface area contributed by atoms with Crippen molar-refractivity contribution in [2.24, 2.45) is 10.2 Å². The smallest absolute Gasteiger partial charge is 0.265 e. The molecular formula is C18H14N6O4. The number of aromatic nitrogens is 3. The Morgan fingerprint density at radius 3 is 2.21 bits per heavy atom. The summed E-state index contributed by atoms with van der Waals surface area (Å²) in [6, 6.07) is 11.1. The third-order valence-electron chi connectivity index (χ3n) is 4.03. The Bertz CT molecular complexity index is 1080. The van der Waals surface area contributed by atoms with Gasteiger partial charge in [0, 0.05) is 0 Å². The second kappa shape index (κ2) is 6.91. The van der Waals surface area contributed by atoms with Crippen molar-refractivity contribution in [3.8, 4) is 23.0 Å². The second-order valence-corrected chi connectivity index (χ2v) is 5.84. The van der Waals surface area contributed by atoms with Crippen molar-refractivity contribution in [1.82, 2.24) is 14.9 Å². The Labute approximate surface area is 159 Å². The lowest BCUT2D eigenvalue weighted by atomic mass is 10.2. The molecule has 0 fully saturated rings. The van der Waals surface area contributed by atoms with Crippen molar-refractivity contribution < 1.29 is 18.9 Å². The molecule has 2 aliphatic heterocycles. The van der Waals surface area contributed by atoms with Crippen molar-refractivity contribution in [3.63, 3.8) is 0 Å². The Morgan fingerprint density at radius 2 is 1.50 bits per heavy atom. The van der Waals surface area contributed by atoms with Gasteiger partial charge in [0.1, 0.15) is 6.33 Å². The Kier molecular flexibility index (Phi) is 3.98. The molecule has 2 aliphatic rings. The minimum atomic E-state index is 0.233. The van der Waals surface area contributed by atoms with E-state index in [0.29, 0.717) is 17.4 Å². The van der Waals surface area contributed by atoms with Gasteiger partial charge in [-0.2, -0.15) is 14.9 Å². The minimum absolute atomic E-state index is 0.233. The van der Waals surface area contributed by atoms with Gasteiger partial charge in [0.2, 0.25) is 13.6 Å². The lowest BCUT2D eigenvalue weighted by Crippen LogP contribution is -1.99. The van der Waals surface area contributed by atoms with Crippen LogP contribution in [0.1, 0.15) is 11.1 Å². The maximum atomic E-state index is 5.36. The molecule has 2 aromatic carbocycles. The molecule has 140 valence electrons. The number of hydrazone groups is 1. The van der Waals surface area contributed by atoms with E-state index in [2.05, 4.69) is 25.8 Å². The van der Waals surface area contributed by atoms with Crippen LogP contribution >= 0.6 is 0 Å². The molecule has 10 nitrogen and oxygen atoms in total. The van der Waals surface area contributed by atoms with Crippen LogP contribution in [0, 0.1) is 0 Å². The highest BCUT2D eigenvalue weighted by Gasteiger charge is 2.13. The van der Waals surface area contributed by atoms with Gasteiger partial charge < -0.3 is 18.9 Å². The highest BCUT2D eigenvalue weighted by molar-refractivity contribution is 5.82. The molecule has 0 amide bonds. The molecule has 0 unspecified atom stereocenters. The van der Waals surface area contributed by atoms with Crippen molar-refractivity contribution in [2.75, 3.05) is 19.0 Å². The summed E-state index contributed by atoms with van der Waals surface area (Å²) in [6.07, 6.45) is 4.78. The quantitative estimate of drug-likeness (QED) is 0.535. The van der Waals surface area contributed by atoms with E-state index in [1.54, 1.807) is 12.4 Å². The fraction of sp³-hybridized carbons (Fsp3) is 0.111. The maximum absolute atomic E-state index is 5.36. The largest absolute Gasteiger partial charge is 0.454 e. The van der Waals surface area contributed by atoms with Gasteiger partial charge in [-0.05, 0) is 47.5 Å². The first-order chi connectivity index (χ1) is 13.8. The van der Waals surface area contributed by atoms with E-state index in [1.165, 1.54) is 11.0 Å². The molecule has 1 N–H and O–H groups in total. The number of ether oxygens (including phenoxy) is 4. The molecule has 3 heterocycles. The summed E-state index contributed by atoms with van der Waals surface area (Å²) in [5, 5.41) is 16.3. The number of anilines is 1. The third kappa shape index (κ3) is 3.18. The van der Waals surface area contributed by atoms with Gasteiger partial charge in [-0.15, -0.1) is 10.2 Å². The van der Waals surface area contributed by atoms with Crippen molar-refractivity contribution >= 4 is 18.4 Å². The molecule has 0 aliphatic carbocycles. The standard InChI is InChI=1S/C18H14N6O4/c1-3-14-16(27-10-25-14)5-12(1)7-19-22-18-23-20-9-24(18)21-8-13-2-4-15-17(6-13)28-11-26-15/h1-9H,10-11H2,(H,22,23)/b19-7-,21-8+. The molecule has 0 spiro atoms. The van der Waals surface area contributed by atoms with Crippen molar-refractivity contribution in [3.05, 3.63) is 53.9 Å². The van der Waals surface area contributed by atoms with Gasteiger partial charge >= 0.3 is 0 Å². The van der Waals surface area contributed by atoms with E-state index in [0.717, 1.165) is 22.6 Å². The van der Waals surface area contributed by atoms with E-state index < -0.39 is 0 Å². The molecule has 0 atom stereocenters. The average molecular weight is 378 g/mol. The van der Waals surface area contributed by atoms with Crippen LogP contribution < -0.4 is 24.4 Å². The molecule has 0 bridgehead atoms. The van der Waals surface area contributed by atoms with Crippen LogP contribution in [0.25, 0.3) is 0 Å². The minimum Gasteiger partial charge on any atom is -0.454 e. The summed E-state index contributed by atoms with van der Waals surface area (Å²) in [6.45, 7) is 0.468. The monoisotopic (exact) mass is 378 g/mol. The summed E-state index contributed by atoms with van der Waals surface area (Å²) < 4.78 is 22.8. The summed E-state index contributed by atoms with van der Waals surface area (Å²) in [7, 11) is 0. The molecule has 0 saturated heterocycles. The van der Waals surface area contributed by atoms with Gasteiger partial charge in [0.25, 0.3) is 5.95 Å². The highest BCUT2D eigenvalue weighted by atomic mass is 16.7. The van der Waals surface area contributed by atoms with Gasteiger partial charge in [-0.1, -0.05) is 0 Å². The Balaban J connectivity index is 1.27. The van der Waals surface area contributed by atoms with E-state index in [9.17, 15) is 0 Å². The topological polar surface area (TPSA) is 104 Å². The van der Waals surface area contributed by atoms with Gasteiger partial charge in [-0.3, -0.25) is 0 Å². The molecule has 3 aromatic rings. The molecule has 5 rings (SSSR count). The van der Waals surface area contributed by atoms with Crippen molar-refractivity contribution in [2.45, 2.75) is 0 Å². The first-order valence-corrected chi connectivity index (χ1v) is 8.38. The number of hydrogen-bond donors (Lipinski definition) is 1. The zero-order chi connectivity index (χ0) is 18.8. The lowest BCUT2D eigenvalue weighted by molar-refractivity contribution is 0.173. The fourth-order valence-corrected chi connectivity index (χ4v) is 2.67. The molecule has 28 heavy (non-hydrogen) atoms. The van der Waals surface area contributed by atoms with Crippen LogP contribution in [0.5, 0.6) is 23.0 Å². The van der Waals surface area contributed by atoms with Crippen LogP contribution in [-0.4, -0.2) is 40.9 Å². The van der Waals surface area contributed by atoms with E-state index in [-0.39, 0.29) is 13.6 Å². The van der Waals surface area contributed by atoms with Crippen LogP contribution in [0.2, 0.25) is 0 Å². The number of hydrogen-bond acceptors (Lipinski definition) is 9. The Hall–Kier alpha value is -4.08. The van der Waals surface area contributed by atoms with E-state index in [4.69, 9.17) is 18.9 Å². The molecule has 1 aromatic heterocycles. The molecule has 10 heteroatoms. The third-order valence-corrected chi connectivity index (χ3v) is 4.03. The van der Waals surface area contributed by atoms with Crippen LogP contribution in [-0.2, 0) is 0 Å². The summed E-state index contributed by atoms with van der Waals surface area (Å²) in [5.74, 6) is 3.21. The highest BCUT2D eigenvalue weighted by Crippen LogP contribution is 2.32. The zero-order valence-corrected chi connectivity index (χ0v) is 14.5.